The zero-order chi connectivity index (χ0) is 31.6. The third-order valence-electron chi connectivity index (χ3n) is 7.73. The van der Waals surface area contributed by atoms with Crippen LogP contribution in [0, 0.1) is 0 Å². The number of hydrogen-bond donors (Lipinski definition) is 11. The molecule has 17 heteroatoms. The van der Waals surface area contributed by atoms with Gasteiger partial charge in [-0.2, -0.15) is 0 Å². The number of rotatable bonds is 10. The Bertz CT molecular complexity index is 1030. The summed E-state index contributed by atoms with van der Waals surface area (Å²) in [4.78, 5) is 0. The number of hydrogen-bond acceptors (Lipinski definition) is 17. The highest BCUT2D eigenvalue weighted by molar-refractivity contribution is 5.40. The van der Waals surface area contributed by atoms with Gasteiger partial charge in [0.1, 0.15) is 67.1 Å². The molecule has 246 valence electrons. The van der Waals surface area contributed by atoms with Crippen molar-refractivity contribution in [2.45, 2.75) is 105 Å². The van der Waals surface area contributed by atoms with Gasteiger partial charge in [0.05, 0.1) is 25.9 Å². The number of aliphatic hydroxyl groups excluding tert-OH is 9. The van der Waals surface area contributed by atoms with Crippen molar-refractivity contribution in [3.05, 3.63) is 23.8 Å². The van der Waals surface area contributed by atoms with Crippen molar-refractivity contribution in [1.29, 1.82) is 0 Å². The minimum absolute atomic E-state index is 0.0977. The van der Waals surface area contributed by atoms with Crippen molar-refractivity contribution in [2.24, 2.45) is 0 Å². The van der Waals surface area contributed by atoms with Crippen LogP contribution in [-0.2, 0) is 34.8 Å². The predicted octanol–water partition coefficient (Wildman–Crippen LogP) is -4.87. The first-order chi connectivity index (χ1) is 20.3. The Kier molecular flexibility index (Phi) is 11.5. The van der Waals surface area contributed by atoms with Gasteiger partial charge in [-0.15, -0.1) is 0 Å². The van der Waals surface area contributed by atoms with E-state index in [1.807, 2.05) is 0 Å². The van der Waals surface area contributed by atoms with Crippen molar-refractivity contribution in [3.8, 4) is 11.5 Å². The van der Waals surface area contributed by atoms with Crippen molar-refractivity contribution in [3.63, 3.8) is 0 Å². The molecule has 1 aromatic carbocycles. The molecule has 0 bridgehead atoms. The smallest absolute Gasteiger partial charge is 0.187 e. The van der Waals surface area contributed by atoms with E-state index in [-0.39, 0.29) is 24.5 Å². The molecule has 0 saturated carbocycles. The first-order valence-corrected chi connectivity index (χ1v) is 13.7. The van der Waals surface area contributed by atoms with E-state index in [0.717, 1.165) is 0 Å². The maximum Gasteiger partial charge on any atom is 0.187 e. The Morgan fingerprint density at radius 1 is 0.651 bits per heavy atom. The maximum atomic E-state index is 11.1. The van der Waals surface area contributed by atoms with E-state index in [1.54, 1.807) is 0 Å². The summed E-state index contributed by atoms with van der Waals surface area (Å²) in [6.45, 7) is 0.0531. The second-order valence-corrected chi connectivity index (χ2v) is 10.8. The van der Waals surface area contributed by atoms with E-state index in [9.17, 15) is 56.2 Å². The van der Waals surface area contributed by atoms with Gasteiger partial charge in [0.15, 0.2) is 30.4 Å². The molecule has 0 unspecified atom stereocenters. The Hall–Kier alpha value is -1.78. The topological polar surface area (TPSA) is 278 Å². The second kappa shape index (κ2) is 14.5. The Morgan fingerprint density at radius 2 is 1.28 bits per heavy atom. The van der Waals surface area contributed by atoms with E-state index in [1.165, 1.54) is 25.1 Å². The minimum atomic E-state index is -1.76. The molecule has 0 aromatic heterocycles. The number of ether oxygens (including phenoxy) is 6. The summed E-state index contributed by atoms with van der Waals surface area (Å²) in [5, 5.41) is 112. The molecule has 17 nitrogen and oxygen atoms in total. The third kappa shape index (κ3) is 7.55. The molecule has 15 atom stereocenters. The standard InChI is InChI=1S/C26H40O17/c1-9-15(30)18(33)21(36)26(40-9)43-23-17(32)14(8-39-24-20(35)19(34)16(31)13(7-27)41-24)42-25(22(23)37)38-5-4-10-2-3-11(28)12(29)6-10/h2-3,6,9,13-37H,4-5,7-8H2,1H3/t9-,13-,14-,15-,16-,17-,18+,19+,20-,21+,22-,23+,24-,25-,26-/m1/s1. The molecule has 3 aliphatic rings. The fraction of sp³-hybridized carbons (Fsp3) is 0.769. The summed E-state index contributed by atoms with van der Waals surface area (Å²) in [6, 6.07) is 4.13. The van der Waals surface area contributed by atoms with E-state index in [0.29, 0.717) is 5.56 Å². The lowest BCUT2D eigenvalue weighted by molar-refractivity contribution is -0.363. The van der Waals surface area contributed by atoms with Crippen molar-refractivity contribution < 1.29 is 84.6 Å². The fourth-order valence-corrected chi connectivity index (χ4v) is 5.03. The molecule has 3 fully saturated rings. The lowest BCUT2D eigenvalue weighted by atomic mass is 9.97. The third-order valence-corrected chi connectivity index (χ3v) is 7.73. The van der Waals surface area contributed by atoms with Crippen LogP contribution in [0.1, 0.15) is 12.5 Å². The maximum absolute atomic E-state index is 11.1. The van der Waals surface area contributed by atoms with Gasteiger partial charge in [-0.05, 0) is 31.0 Å². The van der Waals surface area contributed by atoms with Crippen LogP contribution < -0.4 is 0 Å². The first kappa shape index (κ1) is 34.1. The van der Waals surface area contributed by atoms with Gasteiger partial charge < -0.3 is 84.6 Å². The van der Waals surface area contributed by atoms with Crippen LogP contribution >= 0.6 is 0 Å². The molecular weight excluding hydrogens is 584 g/mol. The van der Waals surface area contributed by atoms with Crippen molar-refractivity contribution in [2.75, 3.05) is 19.8 Å². The van der Waals surface area contributed by atoms with Crippen LogP contribution in [0.5, 0.6) is 11.5 Å². The van der Waals surface area contributed by atoms with Crippen LogP contribution in [0.15, 0.2) is 18.2 Å². The van der Waals surface area contributed by atoms with Gasteiger partial charge in [0.2, 0.25) is 0 Å². The number of benzene rings is 1. The normalized spacial score (nSPS) is 43.9. The van der Waals surface area contributed by atoms with Crippen molar-refractivity contribution >= 4 is 0 Å². The van der Waals surface area contributed by atoms with Gasteiger partial charge in [-0.1, -0.05) is 6.07 Å². The van der Waals surface area contributed by atoms with E-state index < -0.39 is 105 Å². The van der Waals surface area contributed by atoms with Crippen LogP contribution in [0.25, 0.3) is 0 Å². The zero-order valence-corrected chi connectivity index (χ0v) is 23.1. The highest BCUT2D eigenvalue weighted by Crippen LogP contribution is 2.31. The van der Waals surface area contributed by atoms with Crippen LogP contribution in [-0.4, -0.2) is 168 Å². The average molecular weight is 625 g/mol. The Balaban J connectivity index is 1.47. The number of aliphatic hydroxyl groups is 9. The second-order valence-electron chi connectivity index (χ2n) is 10.8. The van der Waals surface area contributed by atoms with Gasteiger partial charge in [-0.3, -0.25) is 0 Å². The van der Waals surface area contributed by atoms with Gasteiger partial charge in [0, 0.05) is 0 Å². The summed E-state index contributed by atoms with van der Waals surface area (Å²) in [5.74, 6) is -0.660. The molecule has 3 saturated heterocycles. The predicted molar refractivity (Wildman–Crippen MR) is 137 cm³/mol. The SMILES string of the molecule is C[C@H]1O[C@H](O[C@@H]2[C@@H](O)[C@H](OCCc3ccc(O)c(O)c3)O[C@H](CO[C@@H]3O[C@H](CO)[C@@H](O)[C@H](O)[C@H]3O)[C@H]2O)[C@@H](O)[C@@H](O)[C@@H]1O. The highest BCUT2D eigenvalue weighted by Gasteiger charge is 2.51. The van der Waals surface area contributed by atoms with Crippen LogP contribution in [0.4, 0.5) is 0 Å². The first-order valence-electron chi connectivity index (χ1n) is 13.7. The molecule has 0 amide bonds. The molecule has 3 aliphatic heterocycles. The monoisotopic (exact) mass is 624 g/mol. The summed E-state index contributed by atoms with van der Waals surface area (Å²) in [7, 11) is 0. The highest BCUT2D eigenvalue weighted by atomic mass is 16.7. The van der Waals surface area contributed by atoms with Gasteiger partial charge in [-0.25, -0.2) is 0 Å². The zero-order valence-electron chi connectivity index (χ0n) is 23.1. The van der Waals surface area contributed by atoms with E-state index in [2.05, 4.69) is 0 Å². The van der Waals surface area contributed by atoms with Gasteiger partial charge in [0.25, 0.3) is 0 Å². The van der Waals surface area contributed by atoms with Crippen LogP contribution in [0.2, 0.25) is 0 Å². The summed E-state index contributed by atoms with van der Waals surface area (Å²) in [6.07, 6.45) is -23.1. The van der Waals surface area contributed by atoms with Crippen LogP contribution in [0.3, 0.4) is 0 Å². The Labute approximate surface area is 245 Å². The molecule has 0 spiro atoms. The fourth-order valence-electron chi connectivity index (χ4n) is 5.03. The molecule has 1 aromatic rings. The number of phenols is 2. The summed E-state index contributed by atoms with van der Waals surface area (Å²) >= 11 is 0. The molecule has 4 rings (SSSR count). The molecular formula is C26H40O17. The molecule has 11 N–H and O–H groups in total. The lowest BCUT2D eigenvalue weighted by Gasteiger charge is -2.46. The molecule has 0 radical (unpaired) electrons. The Morgan fingerprint density at radius 3 is 1.95 bits per heavy atom. The average Bonchev–Trinajstić information content (AvgIpc) is 2.98. The largest absolute Gasteiger partial charge is 0.504 e. The molecule has 0 aliphatic carbocycles. The summed E-state index contributed by atoms with van der Waals surface area (Å²) in [5.41, 5.74) is 0.566. The minimum Gasteiger partial charge on any atom is -0.504 e. The molecule has 3 heterocycles. The van der Waals surface area contributed by atoms with E-state index >= 15 is 0 Å². The van der Waals surface area contributed by atoms with Gasteiger partial charge >= 0.3 is 0 Å². The quantitative estimate of drug-likeness (QED) is 0.109. The lowest BCUT2D eigenvalue weighted by Crippen LogP contribution is -2.64. The molecule has 43 heavy (non-hydrogen) atoms. The van der Waals surface area contributed by atoms with Crippen molar-refractivity contribution in [1.82, 2.24) is 0 Å². The number of aromatic hydroxyl groups is 2. The van der Waals surface area contributed by atoms with E-state index in [4.69, 9.17) is 28.4 Å². The number of phenolic OH excluding ortho intramolecular Hbond substituents is 2. The summed E-state index contributed by atoms with van der Waals surface area (Å²) < 4.78 is 33.3.